The van der Waals surface area contributed by atoms with Crippen molar-refractivity contribution in [3.05, 3.63) is 30.3 Å². The molecule has 1 rings (SSSR count). The Labute approximate surface area is 120 Å². The number of nitrogens with one attached hydrogen (secondary N) is 1. The molecule has 5 heteroatoms. The van der Waals surface area contributed by atoms with Crippen LogP contribution in [0.4, 0.5) is 5.69 Å². The summed E-state index contributed by atoms with van der Waals surface area (Å²) in [4.78, 5) is 6.23. The maximum absolute atomic E-state index is 6.12. The van der Waals surface area contributed by atoms with Crippen molar-refractivity contribution in [2.75, 3.05) is 32.5 Å². The van der Waals surface area contributed by atoms with Gasteiger partial charge in [-0.2, -0.15) is 0 Å². The van der Waals surface area contributed by atoms with Crippen molar-refractivity contribution in [3.63, 3.8) is 0 Å². The summed E-state index contributed by atoms with van der Waals surface area (Å²) in [5, 5.41) is 3.76. The van der Waals surface area contributed by atoms with Gasteiger partial charge in [0.1, 0.15) is 0 Å². The highest BCUT2D eigenvalue weighted by Crippen LogP contribution is 2.06. The predicted octanol–water partition coefficient (Wildman–Crippen LogP) is 2.66. The molecule has 4 nitrogen and oxygen atoms in total. The summed E-state index contributed by atoms with van der Waals surface area (Å²) in [6, 6.07) is 9.96. The van der Waals surface area contributed by atoms with E-state index in [0.717, 1.165) is 24.7 Å². The number of rotatable bonds is 3. The van der Waals surface area contributed by atoms with Crippen LogP contribution in [0.15, 0.2) is 35.3 Å². The van der Waals surface area contributed by atoms with Crippen molar-refractivity contribution in [2.45, 2.75) is 13.8 Å². The van der Waals surface area contributed by atoms with Gasteiger partial charge in [0.2, 0.25) is 0 Å². The zero-order chi connectivity index (χ0) is 14.3. The van der Waals surface area contributed by atoms with Gasteiger partial charge in [-0.05, 0) is 42.6 Å². The summed E-state index contributed by atoms with van der Waals surface area (Å²) in [6.07, 6.45) is 0. The molecule has 1 aromatic carbocycles. The number of para-hydroxylation sites is 1. The second-order valence-corrected chi connectivity index (χ2v) is 4.60. The molecule has 0 fully saturated rings. The molecule has 0 radical (unpaired) electrons. The van der Waals surface area contributed by atoms with E-state index < -0.39 is 0 Å². The lowest BCUT2D eigenvalue weighted by Crippen LogP contribution is -2.29. The van der Waals surface area contributed by atoms with Gasteiger partial charge in [0.05, 0.1) is 18.8 Å². The SMILES string of the molecule is CC[N+](CC)=C(/N=C(\Cl)N(C)C)Nc1ccccc1. The van der Waals surface area contributed by atoms with Crippen LogP contribution in [0.3, 0.4) is 0 Å². The Kier molecular flexibility index (Phi) is 6.36. The van der Waals surface area contributed by atoms with E-state index in [1.54, 1.807) is 4.90 Å². The van der Waals surface area contributed by atoms with Gasteiger partial charge < -0.3 is 4.90 Å². The molecule has 0 saturated carbocycles. The Morgan fingerprint density at radius 3 is 2.26 bits per heavy atom. The maximum atomic E-state index is 6.12. The molecule has 0 spiro atoms. The second kappa shape index (κ2) is 7.79. The quantitative estimate of drug-likeness (QED) is 0.400. The third-order valence-electron chi connectivity index (χ3n) is 2.66. The summed E-state index contributed by atoms with van der Waals surface area (Å²) in [5.74, 6) is 0.759. The molecule has 0 saturated heterocycles. The van der Waals surface area contributed by atoms with Crippen LogP contribution in [0.1, 0.15) is 13.8 Å². The monoisotopic (exact) mass is 281 g/mol. The number of benzene rings is 1. The van der Waals surface area contributed by atoms with Crippen LogP contribution >= 0.6 is 11.6 Å². The number of aliphatic imine (C=N–C) groups is 1. The highest BCUT2D eigenvalue weighted by molar-refractivity contribution is 6.65. The van der Waals surface area contributed by atoms with Crippen molar-refractivity contribution >= 4 is 28.5 Å². The van der Waals surface area contributed by atoms with E-state index in [-0.39, 0.29) is 0 Å². The van der Waals surface area contributed by atoms with E-state index >= 15 is 0 Å². The van der Waals surface area contributed by atoms with Gasteiger partial charge in [0.25, 0.3) is 5.29 Å². The lowest BCUT2D eigenvalue weighted by atomic mass is 10.3. The molecule has 0 unspecified atom stereocenters. The Morgan fingerprint density at radius 1 is 1.21 bits per heavy atom. The molecule has 19 heavy (non-hydrogen) atoms. The van der Waals surface area contributed by atoms with Crippen molar-refractivity contribution < 1.29 is 4.58 Å². The van der Waals surface area contributed by atoms with E-state index in [0.29, 0.717) is 5.29 Å². The van der Waals surface area contributed by atoms with Crippen molar-refractivity contribution in [1.29, 1.82) is 0 Å². The minimum absolute atomic E-state index is 0.449. The van der Waals surface area contributed by atoms with Crippen molar-refractivity contribution in [3.8, 4) is 0 Å². The molecule has 1 aromatic rings. The van der Waals surface area contributed by atoms with Gasteiger partial charge in [-0.3, -0.25) is 4.58 Å². The Hall–Kier alpha value is -1.55. The third kappa shape index (κ3) is 4.91. The topological polar surface area (TPSA) is 30.6 Å². The fraction of sp³-hybridized carbons (Fsp3) is 0.429. The second-order valence-electron chi connectivity index (χ2n) is 4.26. The van der Waals surface area contributed by atoms with E-state index in [9.17, 15) is 0 Å². The highest BCUT2D eigenvalue weighted by atomic mass is 35.5. The first kappa shape index (κ1) is 15.5. The molecule has 0 aliphatic heterocycles. The lowest BCUT2D eigenvalue weighted by Gasteiger charge is -2.09. The van der Waals surface area contributed by atoms with Gasteiger partial charge in [-0.25, -0.2) is 5.32 Å². The van der Waals surface area contributed by atoms with Crippen LogP contribution in [0.25, 0.3) is 0 Å². The number of amidine groups is 1. The number of hydrogen-bond donors (Lipinski definition) is 1. The molecule has 0 heterocycles. The molecule has 0 aliphatic carbocycles. The minimum atomic E-state index is 0.449. The fourth-order valence-electron chi connectivity index (χ4n) is 1.54. The number of nitrogens with zero attached hydrogens (tertiary/aromatic N) is 3. The molecular weight excluding hydrogens is 260 g/mol. The molecule has 0 amide bonds. The maximum Gasteiger partial charge on any atom is 0.394 e. The largest absolute Gasteiger partial charge is 0.394 e. The van der Waals surface area contributed by atoms with Crippen LogP contribution in [0.5, 0.6) is 0 Å². The van der Waals surface area contributed by atoms with Gasteiger partial charge in [0, 0.05) is 14.1 Å². The Balaban J connectivity index is 3.07. The molecule has 0 bridgehead atoms. The van der Waals surface area contributed by atoms with Crippen molar-refractivity contribution in [1.82, 2.24) is 4.90 Å². The Morgan fingerprint density at radius 2 is 1.79 bits per heavy atom. The third-order valence-corrected chi connectivity index (χ3v) is 3.08. The molecule has 104 valence electrons. The van der Waals surface area contributed by atoms with Crippen LogP contribution in [-0.2, 0) is 0 Å². The van der Waals surface area contributed by atoms with Crippen LogP contribution in [0, 0.1) is 0 Å². The van der Waals surface area contributed by atoms with E-state index in [1.807, 2.05) is 44.4 Å². The highest BCUT2D eigenvalue weighted by Gasteiger charge is 2.14. The molecule has 0 atom stereocenters. The summed E-state index contributed by atoms with van der Waals surface area (Å²) < 4.78 is 2.12. The average Bonchev–Trinajstić information content (AvgIpc) is 2.41. The predicted molar refractivity (Wildman–Crippen MR) is 83.4 cm³/mol. The van der Waals surface area contributed by atoms with Gasteiger partial charge in [-0.15, -0.1) is 0 Å². The van der Waals surface area contributed by atoms with E-state index in [1.165, 1.54) is 0 Å². The van der Waals surface area contributed by atoms with E-state index in [2.05, 4.69) is 28.7 Å². The first-order valence-corrected chi connectivity index (χ1v) is 6.81. The van der Waals surface area contributed by atoms with Crippen LogP contribution in [-0.4, -0.2) is 47.9 Å². The lowest BCUT2D eigenvalue weighted by molar-refractivity contribution is -0.521. The van der Waals surface area contributed by atoms with Gasteiger partial charge in [-0.1, -0.05) is 18.2 Å². The molecule has 0 aromatic heterocycles. The zero-order valence-electron chi connectivity index (χ0n) is 12.0. The summed E-state index contributed by atoms with van der Waals surface area (Å²) in [5.41, 5.74) is 0.997. The standard InChI is InChI=1S/C14H21ClN4/c1-5-19(6-2)14(17-13(15)18(3)4)16-12-10-8-7-9-11-12/h7-11H,5-6H2,1-4H3/p+1/b17-13+. The summed E-state index contributed by atoms with van der Waals surface area (Å²) in [7, 11) is 3.74. The fourth-order valence-corrected chi connectivity index (χ4v) is 1.62. The first-order chi connectivity index (χ1) is 9.08. The van der Waals surface area contributed by atoms with Crippen molar-refractivity contribution in [2.24, 2.45) is 4.99 Å². The number of guanidine groups is 1. The van der Waals surface area contributed by atoms with Crippen LogP contribution < -0.4 is 5.32 Å². The number of hydrogen-bond acceptors (Lipinski definition) is 0. The summed E-state index contributed by atoms with van der Waals surface area (Å²) in [6.45, 7) is 5.92. The summed E-state index contributed by atoms with van der Waals surface area (Å²) >= 11 is 6.12. The number of halogens is 1. The first-order valence-electron chi connectivity index (χ1n) is 6.44. The molecular formula is C14H22ClN4+. The van der Waals surface area contributed by atoms with Gasteiger partial charge >= 0.3 is 5.96 Å². The minimum Gasteiger partial charge on any atom is -0.339 e. The molecule has 1 N–H and O–H groups in total. The number of anilines is 1. The average molecular weight is 282 g/mol. The Bertz CT molecular complexity index is 446. The zero-order valence-corrected chi connectivity index (χ0v) is 12.8. The smallest absolute Gasteiger partial charge is 0.339 e. The van der Waals surface area contributed by atoms with Crippen LogP contribution in [0.2, 0.25) is 0 Å². The van der Waals surface area contributed by atoms with E-state index in [4.69, 9.17) is 11.6 Å². The molecule has 0 aliphatic rings. The van der Waals surface area contributed by atoms with Gasteiger partial charge in [0.15, 0.2) is 0 Å². The normalized spacial score (nSPS) is 11.1.